The van der Waals surface area contributed by atoms with Crippen LogP contribution in [0.25, 0.3) is 33.4 Å². The molecule has 0 atom stereocenters. The molecule has 0 nitrogen and oxygen atoms in total. The zero-order valence-electron chi connectivity index (χ0n) is 36.9. The Morgan fingerprint density at radius 1 is 0.633 bits per heavy atom. The van der Waals surface area contributed by atoms with E-state index in [0.717, 1.165) is 25.7 Å². The summed E-state index contributed by atoms with van der Waals surface area (Å²) in [6, 6.07) is 44.6. The number of rotatable bonds is 12. The minimum absolute atomic E-state index is 0.920. The molecule has 0 heteroatoms. The first kappa shape index (κ1) is 44.9. The lowest BCUT2D eigenvalue weighted by atomic mass is 9.85. The smallest absolute Gasteiger partial charge is 0.00229 e. The first-order chi connectivity index (χ1) is 29.4. The van der Waals surface area contributed by atoms with Crippen molar-refractivity contribution in [2.45, 2.75) is 80.1 Å². The lowest BCUT2D eigenvalue weighted by molar-refractivity contribution is 0.990. The van der Waals surface area contributed by atoms with E-state index >= 15 is 0 Å². The van der Waals surface area contributed by atoms with Gasteiger partial charge in [-0.25, -0.2) is 0 Å². The van der Waals surface area contributed by atoms with Gasteiger partial charge in [-0.2, -0.15) is 0 Å². The molecule has 0 bridgehead atoms. The van der Waals surface area contributed by atoms with E-state index in [4.69, 9.17) is 0 Å². The van der Waals surface area contributed by atoms with Crippen molar-refractivity contribution in [1.82, 2.24) is 0 Å². The first-order valence-electron chi connectivity index (χ1n) is 21.9. The molecule has 0 heterocycles. The summed E-state index contributed by atoms with van der Waals surface area (Å²) in [6.07, 6.45) is 32.4. The first-order valence-corrected chi connectivity index (χ1v) is 21.9. The van der Waals surface area contributed by atoms with Crippen molar-refractivity contribution in [1.29, 1.82) is 0 Å². The van der Waals surface area contributed by atoms with Gasteiger partial charge in [0.05, 0.1) is 0 Å². The highest BCUT2D eigenvalue weighted by atomic mass is 14.2. The van der Waals surface area contributed by atoms with Crippen LogP contribution < -0.4 is 0 Å². The summed E-state index contributed by atoms with van der Waals surface area (Å²) in [5.74, 6) is 0. The second-order valence-corrected chi connectivity index (χ2v) is 15.2. The van der Waals surface area contributed by atoms with Gasteiger partial charge in [-0.3, -0.25) is 0 Å². The third kappa shape index (κ3) is 13.1. The molecule has 0 aromatic heterocycles. The molecule has 0 unspecified atom stereocenters. The van der Waals surface area contributed by atoms with Gasteiger partial charge in [0.15, 0.2) is 0 Å². The van der Waals surface area contributed by atoms with Crippen LogP contribution in [0.1, 0.15) is 93.7 Å². The number of hydrogen-bond donors (Lipinski definition) is 0. The monoisotopic (exact) mass is 785 g/mol. The fraction of sp³-hybridized carbons (Fsp3) is 0.200. The van der Waals surface area contributed by atoms with Crippen molar-refractivity contribution in [3.8, 4) is 22.3 Å². The largest absolute Gasteiger partial charge is 0.0991 e. The topological polar surface area (TPSA) is 0 Å². The van der Waals surface area contributed by atoms with Crippen LogP contribution >= 0.6 is 0 Å². The maximum Gasteiger partial charge on any atom is -0.00229 e. The van der Waals surface area contributed by atoms with Crippen LogP contribution in [0.5, 0.6) is 0 Å². The highest BCUT2D eigenvalue weighted by Gasteiger charge is 2.15. The van der Waals surface area contributed by atoms with E-state index in [0.29, 0.717) is 0 Å². The predicted octanol–water partition coefficient (Wildman–Crippen LogP) is 17.2. The molecule has 2 aliphatic rings. The third-order valence-corrected chi connectivity index (χ3v) is 11.0. The van der Waals surface area contributed by atoms with Crippen molar-refractivity contribution < 1.29 is 0 Å². The van der Waals surface area contributed by atoms with Crippen LogP contribution in [0, 0.1) is 6.92 Å². The molecule has 5 aromatic rings. The Kier molecular flexibility index (Phi) is 17.9. The average Bonchev–Trinajstić information content (AvgIpc) is 3.31. The van der Waals surface area contributed by atoms with Crippen LogP contribution in [0.2, 0.25) is 0 Å². The van der Waals surface area contributed by atoms with Crippen molar-refractivity contribution in [3.63, 3.8) is 0 Å². The van der Waals surface area contributed by atoms with Gasteiger partial charge in [-0.15, -0.1) is 0 Å². The fourth-order valence-corrected chi connectivity index (χ4v) is 7.48. The molecule has 0 fully saturated rings. The van der Waals surface area contributed by atoms with Crippen LogP contribution in [-0.2, 0) is 12.8 Å². The second kappa shape index (κ2) is 24.0. The predicted molar refractivity (Wildman–Crippen MR) is 266 cm³/mol. The summed E-state index contributed by atoms with van der Waals surface area (Å²) in [4.78, 5) is 0. The van der Waals surface area contributed by atoms with Gasteiger partial charge in [-0.05, 0) is 144 Å². The van der Waals surface area contributed by atoms with Crippen LogP contribution in [0.4, 0.5) is 0 Å². The summed E-state index contributed by atoms with van der Waals surface area (Å²) in [5.41, 5.74) is 19.7. The Bertz CT molecular complexity index is 2380. The van der Waals surface area contributed by atoms with Crippen molar-refractivity contribution >= 4 is 11.1 Å². The van der Waals surface area contributed by atoms with Gasteiger partial charge in [-0.1, -0.05) is 220 Å². The molecule has 5 aromatic carbocycles. The molecule has 2 aliphatic carbocycles. The van der Waals surface area contributed by atoms with E-state index in [-0.39, 0.29) is 0 Å². The van der Waals surface area contributed by atoms with Gasteiger partial charge < -0.3 is 0 Å². The van der Waals surface area contributed by atoms with Crippen molar-refractivity contribution in [3.05, 3.63) is 251 Å². The number of aryl methyl sites for hydroxylation is 1. The van der Waals surface area contributed by atoms with Gasteiger partial charge in [0.1, 0.15) is 0 Å². The fourth-order valence-electron chi connectivity index (χ4n) is 7.48. The molecule has 0 spiro atoms. The van der Waals surface area contributed by atoms with E-state index in [1.165, 1.54) is 96.3 Å². The lowest BCUT2D eigenvalue weighted by Crippen LogP contribution is -2.01. The van der Waals surface area contributed by atoms with Crippen LogP contribution in [0.3, 0.4) is 0 Å². The molecule has 304 valence electrons. The summed E-state index contributed by atoms with van der Waals surface area (Å²) in [7, 11) is 0. The van der Waals surface area contributed by atoms with Crippen LogP contribution in [-0.4, -0.2) is 0 Å². The Balaban J connectivity index is 0.000000417. The highest BCUT2D eigenvalue weighted by Crippen LogP contribution is 2.35. The standard InChI is InChI=1S/C46H42.C12H16.C2H6/c1-4-6-14-38(5-2)39-21-17-36(18-22-39)32-37-19-23-40(24-20-37)41-25-27-42(28-26-41)43-29-30-45(34(3)31-43)46-16-11-10-15-44(46)33-35-12-8-7-9-13-35;1-3-11(2)9-10-12-7-5-4-6-8-12;1-2/h4-9,12-31H,1,10-11,32-33H2,2-3H3;3-5,7,9-10H,6,8H2,1-2H3;1-2H3/b14-6-,38-5+;10-9-,11-3-;. The van der Waals surface area contributed by atoms with Crippen LogP contribution in [0.15, 0.2) is 218 Å². The summed E-state index contributed by atoms with van der Waals surface area (Å²) in [5, 5.41) is 0. The number of benzene rings is 5. The summed E-state index contributed by atoms with van der Waals surface area (Å²) >= 11 is 0. The average molecular weight is 785 g/mol. The molecular formula is C60H64. The van der Waals surface area contributed by atoms with E-state index in [1.54, 1.807) is 0 Å². The molecule has 0 aliphatic heterocycles. The molecule has 0 N–H and O–H groups in total. The quantitative estimate of drug-likeness (QED) is 0.111. The molecule has 0 amide bonds. The minimum atomic E-state index is 0.920. The molecule has 7 rings (SSSR count). The summed E-state index contributed by atoms with van der Waals surface area (Å²) in [6.45, 7) is 16.3. The SMILES string of the molecule is C/C=C(C)\C=C/C1=CC=CCC1.C=C/C=C\C(=C/C)c1ccc(Cc2ccc(-c3ccc(-c4ccc(C5=CCCC=C5Cc5ccccc5)c(C)c4)cc3)cc2)cc1.CC. The van der Waals surface area contributed by atoms with E-state index < -0.39 is 0 Å². The Hall–Kier alpha value is -6.24. The Labute approximate surface area is 362 Å². The normalized spacial score (nSPS) is 14.1. The van der Waals surface area contributed by atoms with Gasteiger partial charge in [0.2, 0.25) is 0 Å². The van der Waals surface area contributed by atoms with Gasteiger partial charge >= 0.3 is 0 Å². The summed E-state index contributed by atoms with van der Waals surface area (Å²) < 4.78 is 0. The van der Waals surface area contributed by atoms with Crippen molar-refractivity contribution in [2.75, 3.05) is 0 Å². The van der Waals surface area contributed by atoms with E-state index in [1.807, 2.05) is 26.0 Å². The molecule has 0 saturated carbocycles. The molecule has 0 saturated heterocycles. The molecule has 60 heavy (non-hydrogen) atoms. The zero-order chi connectivity index (χ0) is 42.5. The Morgan fingerprint density at radius 2 is 1.23 bits per heavy atom. The number of allylic oxidation sites excluding steroid dienone is 17. The van der Waals surface area contributed by atoms with Gasteiger partial charge in [0, 0.05) is 0 Å². The molecule has 0 radical (unpaired) electrons. The van der Waals surface area contributed by atoms with E-state index in [2.05, 4.69) is 216 Å². The lowest BCUT2D eigenvalue weighted by Gasteiger charge is -2.19. The van der Waals surface area contributed by atoms with Gasteiger partial charge in [0.25, 0.3) is 0 Å². The maximum atomic E-state index is 3.78. The number of hydrogen-bond acceptors (Lipinski definition) is 0. The second-order valence-electron chi connectivity index (χ2n) is 15.2. The highest BCUT2D eigenvalue weighted by molar-refractivity contribution is 5.83. The third-order valence-electron chi connectivity index (χ3n) is 11.0. The Morgan fingerprint density at radius 3 is 1.83 bits per heavy atom. The molecular weight excluding hydrogens is 721 g/mol. The maximum absolute atomic E-state index is 3.78. The zero-order valence-corrected chi connectivity index (χ0v) is 36.9. The van der Waals surface area contributed by atoms with E-state index in [9.17, 15) is 0 Å². The van der Waals surface area contributed by atoms with Crippen molar-refractivity contribution in [2.24, 2.45) is 0 Å². The minimum Gasteiger partial charge on any atom is -0.0991 e.